The van der Waals surface area contributed by atoms with Crippen molar-refractivity contribution in [3.05, 3.63) is 169 Å². The molecule has 0 aliphatic rings. The molecule has 0 aliphatic carbocycles. The number of hydrogen-bond donors (Lipinski definition) is 0. The van der Waals surface area contributed by atoms with E-state index in [0.29, 0.717) is 0 Å². The summed E-state index contributed by atoms with van der Waals surface area (Å²) >= 11 is 1.90. The van der Waals surface area contributed by atoms with Gasteiger partial charge in [-0.2, -0.15) is 0 Å². The van der Waals surface area contributed by atoms with Crippen LogP contribution < -0.4 is 0 Å². The van der Waals surface area contributed by atoms with Gasteiger partial charge in [0.2, 0.25) is 0 Å². The highest BCUT2D eigenvalue weighted by Gasteiger charge is 2.14. The summed E-state index contributed by atoms with van der Waals surface area (Å²) in [4.78, 5) is 0. The van der Waals surface area contributed by atoms with Crippen molar-refractivity contribution >= 4 is 63.8 Å². The van der Waals surface area contributed by atoms with E-state index in [1.54, 1.807) is 0 Å². The molecule has 0 nitrogen and oxygen atoms in total. The minimum atomic E-state index is 0.953. The molecule has 0 saturated heterocycles. The maximum Gasteiger partial charge on any atom is 0.0433 e. The van der Waals surface area contributed by atoms with Crippen molar-refractivity contribution in [3.8, 4) is 22.3 Å². The van der Waals surface area contributed by atoms with Gasteiger partial charge < -0.3 is 0 Å². The zero-order chi connectivity index (χ0) is 29.0. The lowest BCUT2D eigenvalue weighted by molar-refractivity contribution is 1.19. The van der Waals surface area contributed by atoms with Gasteiger partial charge in [-0.05, 0) is 90.3 Å². The Morgan fingerprint density at radius 2 is 0.886 bits per heavy atom. The Kier molecular flexibility index (Phi) is 5.85. The van der Waals surface area contributed by atoms with Crippen molar-refractivity contribution in [2.75, 3.05) is 0 Å². The molecule has 1 heteroatoms. The minimum Gasteiger partial charge on any atom is -0.135 e. The number of benzene rings is 8. The Morgan fingerprint density at radius 3 is 1.64 bits per heavy atom. The topological polar surface area (TPSA) is 0 Å². The summed E-state index contributed by atoms with van der Waals surface area (Å²) in [6, 6.07) is 58.2. The van der Waals surface area contributed by atoms with Crippen molar-refractivity contribution in [3.63, 3.8) is 0 Å². The Balaban J connectivity index is 1.18. The summed E-state index contributed by atoms with van der Waals surface area (Å²) in [5.41, 5.74) is 7.75. The normalized spacial score (nSPS) is 11.7. The second-order valence-corrected chi connectivity index (χ2v) is 12.8. The van der Waals surface area contributed by atoms with Gasteiger partial charge in [0.15, 0.2) is 0 Å². The number of thiophene rings is 1. The molecule has 0 N–H and O–H groups in total. The molecule has 9 rings (SSSR count). The SMILES string of the molecule is c1ccc(Cc2ccc(-c3ccc4c5ccc(-c6cccc7c6sc6ccccc67)cc5c5ccccc5c4c3)cc2)cc1. The molecule has 0 unspecified atom stereocenters. The van der Waals surface area contributed by atoms with Crippen LogP contribution in [0.15, 0.2) is 158 Å². The fourth-order valence-corrected chi connectivity index (χ4v) is 8.16. The van der Waals surface area contributed by atoms with E-state index < -0.39 is 0 Å². The fourth-order valence-electron chi connectivity index (χ4n) is 6.92. The molecule has 0 atom stereocenters. The van der Waals surface area contributed by atoms with Crippen LogP contribution in [-0.2, 0) is 6.42 Å². The van der Waals surface area contributed by atoms with Gasteiger partial charge in [0, 0.05) is 20.2 Å². The fraction of sp³-hybridized carbons (Fsp3) is 0.0233. The monoisotopic (exact) mass is 576 g/mol. The van der Waals surface area contributed by atoms with Crippen molar-refractivity contribution in [2.45, 2.75) is 6.42 Å². The standard InChI is InChI=1S/C43H28S/c1-2-9-28(10-3-1)25-29-17-19-30(20-18-29)31-21-23-36-37-24-22-32(27-41(37)35-12-5-4-11-34(35)40(36)26-31)33-14-8-15-39-38-13-6-7-16-42(38)44-43(33)39/h1-24,26-27H,25H2. The van der Waals surface area contributed by atoms with Crippen molar-refractivity contribution in [1.82, 2.24) is 0 Å². The van der Waals surface area contributed by atoms with Gasteiger partial charge in [-0.1, -0.05) is 140 Å². The Hall–Kier alpha value is -5.24. The summed E-state index contributed by atoms with van der Waals surface area (Å²) in [6.45, 7) is 0. The second kappa shape index (κ2) is 10.2. The van der Waals surface area contributed by atoms with Gasteiger partial charge in [-0.3, -0.25) is 0 Å². The molecule has 0 spiro atoms. The molecule has 1 heterocycles. The van der Waals surface area contributed by atoms with E-state index in [-0.39, 0.29) is 0 Å². The van der Waals surface area contributed by atoms with E-state index in [0.717, 1.165) is 6.42 Å². The highest BCUT2D eigenvalue weighted by Crippen LogP contribution is 2.43. The summed E-state index contributed by atoms with van der Waals surface area (Å²) in [5, 5.41) is 10.5. The van der Waals surface area contributed by atoms with Gasteiger partial charge in [0.1, 0.15) is 0 Å². The van der Waals surface area contributed by atoms with E-state index >= 15 is 0 Å². The quantitative estimate of drug-likeness (QED) is 0.183. The number of rotatable bonds is 4. The maximum atomic E-state index is 2.41. The number of fused-ring (bicyclic) bond motifs is 9. The molecule has 206 valence electrons. The minimum absolute atomic E-state index is 0.953. The average Bonchev–Trinajstić information content (AvgIpc) is 3.48. The van der Waals surface area contributed by atoms with Gasteiger partial charge in [0.05, 0.1) is 0 Å². The average molecular weight is 577 g/mol. The molecule has 0 amide bonds. The summed E-state index contributed by atoms with van der Waals surface area (Å²) in [6.07, 6.45) is 0.953. The molecule has 9 aromatic rings. The number of hydrogen-bond acceptors (Lipinski definition) is 1. The van der Waals surface area contributed by atoms with E-state index in [1.165, 1.54) is 85.9 Å². The largest absolute Gasteiger partial charge is 0.135 e. The summed E-state index contributed by atoms with van der Waals surface area (Å²) < 4.78 is 2.70. The zero-order valence-corrected chi connectivity index (χ0v) is 24.9. The summed E-state index contributed by atoms with van der Waals surface area (Å²) in [5.74, 6) is 0. The van der Waals surface area contributed by atoms with E-state index in [1.807, 2.05) is 11.3 Å². The van der Waals surface area contributed by atoms with Crippen LogP contribution in [0.3, 0.4) is 0 Å². The Labute approximate surface area is 260 Å². The third-order valence-corrected chi connectivity index (χ3v) is 10.3. The first-order chi connectivity index (χ1) is 21.8. The van der Waals surface area contributed by atoms with Gasteiger partial charge in [-0.15, -0.1) is 11.3 Å². The summed E-state index contributed by atoms with van der Waals surface area (Å²) in [7, 11) is 0. The molecular weight excluding hydrogens is 549 g/mol. The van der Waals surface area contributed by atoms with Crippen LogP contribution in [0.2, 0.25) is 0 Å². The molecule has 0 radical (unpaired) electrons. The van der Waals surface area contributed by atoms with Crippen LogP contribution in [0.5, 0.6) is 0 Å². The highest BCUT2D eigenvalue weighted by molar-refractivity contribution is 7.26. The van der Waals surface area contributed by atoms with Crippen LogP contribution in [0, 0.1) is 0 Å². The Bertz CT molecular complexity index is 2480. The second-order valence-electron chi connectivity index (χ2n) is 11.7. The predicted octanol–water partition coefficient (Wildman–Crippen LogP) is 12.4. The lowest BCUT2D eigenvalue weighted by Crippen LogP contribution is -1.89. The van der Waals surface area contributed by atoms with Crippen LogP contribution in [0.4, 0.5) is 0 Å². The van der Waals surface area contributed by atoms with Crippen LogP contribution in [-0.4, -0.2) is 0 Å². The van der Waals surface area contributed by atoms with E-state index in [2.05, 4.69) is 158 Å². The van der Waals surface area contributed by atoms with E-state index in [4.69, 9.17) is 0 Å². The Morgan fingerprint density at radius 1 is 0.341 bits per heavy atom. The predicted molar refractivity (Wildman–Crippen MR) is 192 cm³/mol. The molecule has 0 bridgehead atoms. The molecule has 0 saturated carbocycles. The molecular formula is C43H28S. The lowest BCUT2D eigenvalue weighted by Gasteiger charge is -2.14. The third kappa shape index (κ3) is 4.12. The lowest BCUT2D eigenvalue weighted by atomic mass is 9.90. The third-order valence-electron chi connectivity index (χ3n) is 9.09. The zero-order valence-electron chi connectivity index (χ0n) is 24.1. The molecule has 44 heavy (non-hydrogen) atoms. The van der Waals surface area contributed by atoms with Crippen LogP contribution >= 0.6 is 11.3 Å². The van der Waals surface area contributed by atoms with Crippen LogP contribution in [0.25, 0.3) is 74.7 Å². The first-order valence-electron chi connectivity index (χ1n) is 15.2. The van der Waals surface area contributed by atoms with Crippen molar-refractivity contribution in [2.24, 2.45) is 0 Å². The smallest absolute Gasteiger partial charge is 0.0433 e. The van der Waals surface area contributed by atoms with Crippen LogP contribution in [0.1, 0.15) is 11.1 Å². The van der Waals surface area contributed by atoms with Gasteiger partial charge in [-0.25, -0.2) is 0 Å². The van der Waals surface area contributed by atoms with Gasteiger partial charge in [0.25, 0.3) is 0 Å². The molecule has 0 fully saturated rings. The van der Waals surface area contributed by atoms with E-state index in [9.17, 15) is 0 Å². The maximum absolute atomic E-state index is 2.41. The van der Waals surface area contributed by atoms with Crippen molar-refractivity contribution in [1.29, 1.82) is 0 Å². The molecule has 0 aliphatic heterocycles. The molecule has 1 aromatic heterocycles. The van der Waals surface area contributed by atoms with Gasteiger partial charge >= 0.3 is 0 Å². The van der Waals surface area contributed by atoms with Crippen molar-refractivity contribution < 1.29 is 0 Å². The highest BCUT2D eigenvalue weighted by atomic mass is 32.1. The first-order valence-corrected chi connectivity index (χ1v) is 16.0. The molecule has 8 aromatic carbocycles. The first kappa shape index (κ1) is 25.3.